The monoisotopic (exact) mass is 590 g/mol. The zero-order chi connectivity index (χ0) is 31.5. The molecule has 0 unspecified atom stereocenters. The van der Waals surface area contributed by atoms with Crippen LogP contribution in [-0.2, 0) is 19.1 Å². The molecule has 0 spiro atoms. The van der Waals surface area contributed by atoms with E-state index in [2.05, 4.69) is 4.98 Å². The Morgan fingerprint density at radius 3 is 1.64 bits per heavy atom. The van der Waals surface area contributed by atoms with Crippen LogP contribution < -0.4 is 0 Å². The summed E-state index contributed by atoms with van der Waals surface area (Å²) in [6, 6.07) is 5.37. The summed E-state index contributed by atoms with van der Waals surface area (Å²) in [6.45, 7) is 13.7. The number of rotatable bonds is 6. The lowest BCUT2D eigenvalue weighted by Gasteiger charge is -2.33. The van der Waals surface area contributed by atoms with Crippen molar-refractivity contribution < 1.29 is 33.5 Å². The van der Waals surface area contributed by atoms with Crippen molar-refractivity contribution in [2.45, 2.75) is 91.3 Å². The first kappa shape index (κ1) is 35.0. The molecule has 2 aliphatic rings. The first-order chi connectivity index (χ1) is 19.6. The van der Waals surface area contributed by atoms with E-state index in [1.54, 1.807) is 35.2 Å². The van der Waals surface area contributed by atoms with E-state index in [-0.39, 0.29) is 23.9 Å². The number of ether oxygens (including phenoxy) is 2. The molecule has 3 heterocycles. The number of Topliss-reactive ketones (excluding diaryl/α,β-unsaturated/α-hetero) is 1. The second-order valence-corrected chi connectivity index (χ2v) is 12.9. The van der Waals surface area contributed by atoms with E-state index in [1.165, 1.54) is 12.2 Å². The number of likely N-dealkylation sites (tertiary alicyclic amines) is 2. The number of carbonyl (C=O) groups excluding carboxylic acids is 4. The van der Waals surface area contributed by atoms with Crippen molar-refractivity contribution in [3.63, 3.8) is 0 Å². The Hall–Kier alpha value is -3.21. The maximum atomic E-state index is 12.1. The Balaban J connectivity index is 0.000000295. The molecule has 0 radical (unpaired) electrons. The molecule has 2 aliphatic heterocycles. The van der Waals surface area contributed by atoms with Gasteiger partial charge in [0.05, 0.1) is 7.11 Å². The summed E-state index contributed by atoms with van der Waals surface area (Å²) in [7, 11) is 3.08. The lowest BCUT2D eigenvalue weighted by Crippen LogP contribution is -2.42. The van der Waals surface area contributed by atoms with Crippen LogP contribution in [0, 0.1) is 11.8 Å². The van der Waals surface area contributed by atoms with Crippen molar-refractivity contribution in [3.05, 3.63) is 30.1 Å². The highest BCUT2D eigenvalue weighted by Crippen LogP contribution is 2.24. The first-order valence-electron chi connectivity index (χ1n) is 14.8. The van der Waals surface area contributed by atoms with Gasteiger partial charge < -0.3 is 19.3 Å². The van der Waals surface area contributed by atoms with E-state index < -0.39 is 11.2 Å². The van der Waals surface area contributed by atoms with Gasteiger partial charge in [0.2, 0.25) is 5.91 Å². The Kier molecular flexibility index (Phi) is 13.2. The highest BCUT2D eigenvalue weighted by atomic mass is 16.7. The Morgan fingerprint density at radius 2 is 1.26 bits per heavy atom. The third kappa shape index (κ3) is 12.8. The number of hydrogen-bond acceptors (Lipinski definition) is 8. The van der Waals surface area contributed by atoms with Gasteiger partial charge in [0, 0.05) is 52.3 Å². The predicted octanol–water partition coefficient (Wildman–Crippen LogP) is 5.34. The van der Waals surface area contributed by atoms with Crippen LogP contribution >= 0.6 is 0 Å². The summed E-state index contributed by atoms with van der Waals surface area (Å²) in [5.74, 6) is 0.673. The SMILES string of the molecule is CC(C)(C)OC(=O)N1CCC(CC(=O)c2ccccn2)CC1.CON(C)C(=O)CC1CCN(C(=O)OC(C)(C)C)CC1. The number of piperidine rings is 2. The van der Waals surface area contributed by atoms with Gasteiger partial charge in [-0.05, 0) is 91.2 Å². The summed E-state index contributed by atoms with van der Waals surface area (Å²) in [6.07, 6.45) is 5.38. The minimum atomic E-state index is -0.469. The van der Waals surface area contributed by atoms with Crippen LogP contribution in [0.4, 0.5) is 9.59 Å². The van der Waals surface area contributed by atoms with E-state index in [1.807, 2.05) is 47.6 Å². The number of carbonyl (C=O) groups is 4. The van der Waals surface area contributed by atoms with E-state index in [9.17, 15) is 19.2 Å². The van der Waals surface area contributed by atoms with Crippen LogP contribution in [0.15, 0.2) is 24.4 Å². The number of pyridine rings is 1. The molecule has 1 aromatic rings. The summed E-state index contributed by atoms with van der Waals surface area (Å²) in [5, 5.41) is 1.25. The highest BCUT2D eigenvalue weighted by Gasteiger charge is 2.29. The molecule has 2 saturated heterocycles. The molecular formula is C31H50N4O7. The fourth-order valence-electron chi connectivity index (χ4n) is 4.66. The van der Waals surface area contributed by atoms with Gasteiger partial charge in [-0.15, -0.1) is 0 Å². The van der Waals surface area contributed by atoms with Crippen LogP contribution in [0.5, 0.6) is 0 Å². The molecule has 236 valence electrons. The fourth-order valence-corrected chi connectivity index (χ4v) is 4.66. The molecule has 3 amide bonds. The minimum Gasteiger partial charge on any atom is -0.444 e. The van der Waals surface area contributed by atoms with Crippen molar-refractivity contribution >= 4 is 23.9 Å². The maximum absolute atomic E-state index is 12.1. The van der Waals surface area contributed by atoms with Gasteiger partial charge in [-0.25, -0.2) is 14.7 Å². The van der Waals surface area contributed by atoms with Crippen molar-refractivity contribution in [2.75, 3.05) is 40.3 Å². The summed E-state index contributed by atoms with van der Waals surface area (Å²) in [5.41, 5.74) is -0.411. The quantitative estimate of drug-likeness (QED) is 0.322. The molecule has 0 atom stereocenters. The summed E-state index contributed by atoms with van der Waals surface area (Å²) in [4.78, 5) is 60.2. The minimum absolute atomic E-state index is 0.0248. The third-order valence-corrected chi connectivity index (χ3v) is 7.05. The van der Waals surface area contributed by atoms with Crippen molar-refractivity contribution in [1.29, 1.82) is 0 Å². The van der Waals surface area contributed by atoms with Gasteiger partial charge >= 0.3 is 12.2 Å². The van der Waals surface area contributed by atoms with E-state index in [0.29, 0.717) is 56.6 Å². The van der Waals surface area contributed by atoms with Gasteiger partial charge in [-0.1, -0.05) is 6.07 Å². The normalized spacial score (nSPS) is 16.7. The van der Waals surface area contributed by atoms with Gasteiger partial charge in [0.1, 0.15) is 16.9 Å². The lowest BCUT2D eigenvalue weighted by atomic mass is 9.91. The van der Waals surface area contributed by atoms with Gasteiger partial charge in [0.25, 0.3) is 0 Å². The van der Waals surface area contributed by atoms with Gasteiger partial charge in [-0.2, -0.15) is 0 Å². The zero-order valence-corrected chi connectivity index (χ0v) is 26.7. The molecule has 11 nitrogen and oxygen atoms in total. The van der Waals surface area contributed by atoms with E-state index in [0.717, 1.165) is 25.7 Å². The third-order valence-electron chi connectivity index (χ3n) is 7.05. The second kappa shape index (κ2) is 15.9. The predicted molar refractivity (Wildman–Crippen MR) is 159 cm³/mol. The van der Waals surface area contributed by atoms with Crippen LogP contribution in [0.2, 0.25) is 0 Å². The molecule has 0 N–H and O–H groups in total. The Bertz CT molecular complexity index is 1020. The molecular weight excluding hydrogens is 540 g/mol. The average Bonchev–Trinajstić information content (AvgIpc) is 2.92. The van der Waals surface area contributed by atoms with Crippen LogP contribution in [0.1, 0.15) is 90.6 Å². The molecule has 42 heavy (non-hydrogen) atoms. The molecule has 0 aliphatic carbocycles. The second-order valence-electron chi connectivity index (χ2n) is 12.9. The topological polar surface area (TPSA) is 119 Å². The van der Waals surface area contributed by atoms with Gasteiger partial charge in [-0.3, -0.25) is 19.4 Å². The molecule has 3 rings (SSSR count). The van der Waals surface area contributed by atoms with Crippen LogP contribution in [-0.4, -0.2) is 95.3 Å². The largest absolute Gasteiger partial charge is 0.444 e. The van der Waals surface area contributed by atoms with E-state index >= 15 is 0 Å². The molecule has 2 fully saturated rings. The zero-order valence-electron chi connectivity index (χ0n) is 26.7. The van der Waals surface area contributed by atoms with Crippen LogP contribution in [0.3, 0.4) is 0 Å². The molecule has 0 bridgehead atoms. The number of amides is 3. The average molecular weight is 591 g/mol. The summed E-state index contributed by atoms with van der Waals surface area (Å²) < 4.78 is 10.7. The first-order valence-corrected chi connectivity index (χ1v) is 14.8. The Labute approximate surface area is 250 Å². The standard InChI is InChI=1S/C17H24N2O3.C14H26N2O4/c1-17(2,3)22-16(21)19-10-7-13(8-11-19)12-15(20)14-6-4-5-9-18-14;1-14(2,3)20-13(18)16-8-6-11(7-9-16)10-12(17)15(4)19-5/h4-6,9,13H,7-8,10-12H2,1-3H3;11H,6-10H2,1-5H3. The number of aromatic nitrogens is 1. The van der Waals surface area contributed by atoms with Gasteiger partial charge in [0.15, 0.2) is 5.78 Å². The highest BCUT2D eigenvalue weighted by molar-refractivity contribution is 5.94. The number of hydroxylamine groups is 2. The molecule has 1 aromatic heterocycles. The number of nitrogens with zero attached hydrogens (tertiary/aromatic N) is 4. The molecule has 11 heteroatoms. The smallest absolute Gasteiger partial charge is 0.410 e. The maximum Gasteiger partial charge on any atom is 0.410 e. The summed E-state index contributed by atoms with van der Waals surface area (Å²) >= 11 is 0. The lowest BCUT2D eigenvalue weighted by molar-refractivity contribution is -0.170. The number of ketones is 1. The fraction of sp³-hybridized carbons (Fsp3) is 0.710. The van der Waals surface area contributed by atoms with Crippen molar-refractivity contribution in [3.8, 4) is 0 Å². The Morgan fingerprint density at radius 1 is 0.810 bits per heavy atom. The van der Waals surface area contributed by atoms with Crippen molar-refractivity contribution in [1.82, 2.24) is 19.8 Å². The molecule has 0 saturated carbocycles. The van der Waals surface area contributed by atoms with Crippen molar-refractivity contribution in [2.24, 2.45) is 11.8 Å². The van der Waals surface area contributed by atoms with Crippen LogP contribution in [0.25, 0.3) is 0 Å². The number of hydrogen-bond donors (Lipinski definition) is 0. The van der Waals surface area contributed by atoms with E-state index in [4.69, 9.17) is 14.3 Å². The molecule has 0 aromatic carbocycles.